The molecule has 0 unspecified atom stereocenters. The van der Waals surface area contributed by atoms with Gasteiger partial charge in [0.2, 0.25) is 11.8 Å². The van der Waals surface area contributed by atoms with Crippen LogP contribution < -0.4 is 15.4 Å². The smallest absolute Gasteiger partial charge is 0.230 e. The first kappa shape index (κ1) is 21.5. The number of ether oxygens (including phenoxy) is 1. The Balaban J connectivity index is 1.37. The molecule has 0 saturated carbocycles. The van der Waals surface area contributed by atoms with Crippen molar-refractivity contribution in [2.24, 2.45) is 0 Å². The fraction of sp³-hybridized carbons (Fsp3) is 0.174. The third kappa shape index (κ3) is 5.12. The summed E-state index contributed by atoms with van der Waals surface area (Å²) in [5, 5.41) is 13.5. The minimum Gasteiger partial charge on any atom is -0.496 e. The Morgan fingerprint density at radius 1 is 1.09 bits per heavy atom. The number of hydrogen-bond acceptors (Lipinski definition) is 5. The van der Waals surface area contributed by atoms with Gasteiger partial charge >= 0.3 is 0 Å². The molecule has 0 atom stereocenters. The van der Waals surface area contributed by atoms with Crippen molar-refractivity contribution < 1.29 is 18.7 Å². The van der Waals surface area contributed by atoms with Crippen LogP contribution in [0.4, 0.5) is 10.2 Å². The summed E-state index contributed by atoms with van der Waals surface area (Å²) in [6.45, 7) is 0.326. The second-order valence-electron chi connectivity index (χ2n) is 7.15. The van der Waals surface area contributed by atoms with Crippen LogP contribution in [0.3, 0.4) is 0 Å². The number of nitrogens with zero attached hydrogens (tertiary/aromatic N) is 1. The summed E-state index contributed by atoms with van der Waals surface area (Å²) in [6.07, 6.45) is 0.351. The minimum absolute atomic E-state index is 0.149. The predicted molar refractivity (Wildman–Crippen MR) is 121 cm³/mol. The number of aromatic nitrogens is 2. The van der Waals surface area contributed by atoms with Crippen LogP contribution in [0.25, 0.3) is 10.2 Å². The maximum Gasteiger partial charge on any atom is 0.230 e. The van der Waals surface area contributed by atoms with E-state index < -0.39 is 0 Å². The Labute approximate surface area is 187 Å². The SMILES string of the molecule is COc1ccccc1CC(=O)Nc1[nH]nc2sc(CC(=O)NCc3ccc(F)cc3)cc12. The molecule has 0 aliphatic carbocycles. The first-order valence-electron chi connectivity index (χ1n) is 9.91. The average molecular weight is 453 g/mol. The van der Waals surface area contributed by atoms with Gasteiger partial charge in [-0.05, 0) is 29.8 Å². The fourth-order valence-electron chi connectivity index (χ4n) is 3.27. The van der Waals surface area contributed by atoms with Crippen molar-refractivity contribution in [3.8, 4) is 5.75 Å². The Hall–Kier alpha value is -3.72. The molecule has 0 bridgehead atoms. The highest BCUT2D eigenvalue weighted by Crippen LogP contribution is 2.30. The van der Waals surface area contributed by atoms with Gasteiger partial charge in [-0.25, -0.2) is 4.39 Å². The maximum absolute atomic E-state index is 13.0. The van der Waals surface area contributed by atoms with Crippen LogP contribution in [-0.4, -0.2) is 29.1 Å². The van der Waals surface area contributed by atoms with E-state index in [2.05, 4.69) is 20.8 Å². The lowest BCUT2D eigenvalue weighted by Crippen LogP contribution is -2.24. The number of fused-ring (bicyclic) bond motifs is 1. The molecule has 4 aromatic rings. The third-order valence-corrected chi connectivity index (χ3v) is 5.88. The monoisotopic (exact) mass is 452 g/mol. The van der Waals surface area contributed by atoms with Gasteiger partial charge in [-0.3, -0.25) is 14.7 Å². The molecule has 0 aliphatic rings. The lowest BCUT2D eigenvalue weighted by Gasteiger charge is -2.08. The predicted octanol–water partition coefficient (Wildman–Crippen LogP) is 3.81. The lowest BCUT2D eigenvalue weighted by atomic mass is 10.1. The number of amides is 2. The molecule has 7 nitrogen and oxygen atoms in total. The van der Waals surface area contributed by atoms with E-state index >= 15 is 0 Å². The van der Waals surface area contributed by atoms with Crippen LogP contribution in [0.15, 0.2) is 54.6 Å². The highest BCUT2D eigenvalue weighted by molar-refractivity contribution is 7.18. The Bertz CT molecular complexity index is 1250. The average Bonchev–Trinajstić information content (AvgIpc) is 3.34. The molecule has 2 aromatic heterocycles. The first-order chi connectivity index (χ1) is 15.5. The molecule has 0 aliphatic heterocycles. The van der Waals surface area contributed by atoms with Crippen molar-refractivity contribution >= 4 is 39.2 Å². The fourth-order valence-corrected chi connectivity index (χ4v) is 4.26. The largest absolute Gasteiger partial charge is 0.496 e. The lowest BCUT2D eigenvalue weighted by molar-refractivity contribution is -0.120. The van der Waals surface area contributed by atoms with Crippen LogP contribution in [0.2, 0.25) is 0 Å². The molecule has 2 aromatic carbocycles. The Morgan fingerprint density at radius 2 is 1.88 bits per heavy atom. The van der Waals surface area contributed by atoms with Crippen molar-refractivity contribution in [1.29, 1.82) is 0 Å². The van der Waals surface area contributed by atoms with E-state index in [1.807, 2.05) is 30.3 Å². The molecule has 2 heterocycles. The number of para-hydroxylation sites is 1. The number of halogens is 1. The van der Waals surface area contributed by atoms with Gasteiger partial charge in [0.1, 0.15) is 22.2 Å². The molecule has 0 radical (unpaired) electrons. The number of aromatic amines is 1. The third-order valence-electron chi connectivity index (χ3n) is 4.85. The summed E-state index contributed by atoms with van der Waals surface area (Å²) in [6, 6.07) is 15.2. The summed E-state index contributed by atoms with van der Waals surface area (Å²) < 4.78 is 18.3. The van der Waals surface area contributed by atoms with Crippen LogP contribution in [0, 0.1) is 5.82 Å². The number of thiophene rings is 1. The van der Waals surface area contributed by atoms with Crippen molar-refractivity contribution in [3.05, 3.63) is 76.4 Å². The van der Waals surface area contributed by atoms with Gasteiger partial charge in [0.15, 0.2) is 0 Å². The standard InChI is InChI=1S/C23H21FN4O3S/c1-31-19-5-3-2-4-15(19)10-21(30)26-22-18-11-17(32-23(18)28-27-22)12-20(29)25-13-14-6-8-16(24)9-7-14/h2-9,11H,10,12-13H2,1H3,(H,25,29)(H2,26,27,28,30). The van der Waals surface area contributed by atoms with E-state index in [1.54, 1.807) is 19.2 Å². The molecule has 32 heavy (non-hydrogen) atoms. The van der Waals surface area contributed by atoms with E-state index in [-0.39, 0.29) is 30.5 Å². The van der Waals surface area contributed by atoms with E-state index in [9.17, 15) is 14.0 Å². The van der Waals surface area contributed by atoms with Crippen LogP contribution >= 0.6 is 11.3 Å². The first-order valence-corrected chi connectivity index (χ1v) is 10.7. The van der Waals surface area contributed by atoms with Gasteiger partial charge in [0.05, 0.1) is 25.3 Å². The quantitative estimate of drug-likeness (QED) is 0.379. The maximum atomic E-state index is 13.0. The molecular formula is C23H21FN4O3S. The van der Waals surface area contributed by atoms with Gasteiger partial charge in [-0.1, -0.05) is 30.3 Å². The van der Waals surface area contributed by atoms with Crippen LogP contribution in [0.1, 0.15) is 16.0 Å². The Morgan fingerprint density at radius 3 is 2.66 bits per heavy atom. The van der Waals surface area contributed by atoms with Gasteiger partial charge < -0.3 is 15.4 Å². The topological polar surface area (TPSA) is 96.1 Å². The van der Waals surface area contributed by atoms with Crippen molar-refractivity contribution in [2.45, 2.75) is 19.4 Å². The zero-order valence-electron chi connectivity index (χ0n) is 17.3. The number of methoxy groups -OCH3 is 1. The second kappa shape index (κ2) is 9.61. The number of carbonyl (C=O) groups excluding carboxylic acids is 2. The highest BCUT2D eigenvalue weighted by Gasteiger charge is 2.15. The van der Waals surface area contributed by atoms with Gasteiger partial charge in [0, 0.05) is 17.0 Å². The number of hydrogen-bond donors (Lipinski definition) is 3. The van der Waals surface area contributed by atoms with E-state index in [4.69, 9.17) is 4.74 Å². The summed E-state index contributed by atoms with van der Waals surface area (Å²) in [5.74, 6) is 0.484. The number of H-pyrrole nitrogens is 1. The van der Waals surface area contributed by atoms with Crippen LogP contribution in [0.5, 0.6) is 5.75 Å². The summed E-state index contributed by atoms with van der Waals surface area (Å²) in [5.41, 5.74) is 1.60. The highest BCUT2D eigenvalue weighted by atomic mass is 32.1. The van der Waals surface area contributed by atoms with Crippen molar-refractivity contribution in [1.82, 2.24) is 15.5 Å². The number of nitrogens with one attached hydrogen (secondary N) is 3. The van der Waals surface area contributed by atoms with E-state index in [1.165, 1.54) is 23.5 Å². The molecule has 0 saturated heterocycles. The van der Waals surface area contributed by atoms with Crippen LogP contribution in [-0.2, 0) is 29.0 Å². The number of benzene rings is 2. The molecule has 2 amide bonds. The van der Waals surface area contributed by atoms with Gasteiger partial charge in [0.25, 0.3) is 0 Å². The van der Waals surface area contributed by atoms with Gasteiger partial charge in [-0.2, -0.15) is 5.10 Å². The van der Waals surface area contributed by atoms with Crippen molar-refractivity contribution in [2.75, 3.05) is 12.4 Å². The second-order valence-corrected chi connectivity index (χ2v) is 8.26. The van der Waals surface area contributed by atoms with E-state index in [0.29, 0.717) is 22.9 Å². The molecule has 0 fully saturated rings. The van der Waals surface area contributed by atoms with Gasteiger partial charge in [-0.15, -0.1) is 11.3 Å². The molecule has 9 heteroatoms. The summed E-state index contributed by atoms with van der Waals surface area (Å²) in [7, 11) is 1.57. The summed E-state index contributed by atoms with van der Waals surface area (Å²) in [4.78, 5) is 26.3. The molecule has 0 spiro atoms. The zero-order valence-corrected chi connectivity index (χ0v) is 18.1. The molecule has 4 rings (SSSR count). The molecular weight excluding hydrogens is 431 g/mol. The van der Waals surface area contributed by atoms with E-state index in [0.717, 1.165) is 21.4 Å². The summed E-state index contributed by atoms with van der Waals surface area (Å²) >= 11 is 1.38. The normalized spacial score (nSPS) is 10.8. The molecule has 3 N–H and O–H groups in total. The molecule has 164 valence electrons. The number of carbonyl (C=O) groups is 2. The zero-order chi connectivity index (χ0) is 22.5. The Kier molecular flexibility index (Phi) is 6.46. The minimum atomic E-state index is -0.312. The number of anilines is 1. The van der Waals surface area contributed by atoms with Crippen molar-refractivity contribution in [3.63, 3.8) is 0 Å². The number of rotatable bonds is 8.